The van der Waals surface area contributed by atoms with Crippen molar-refractivity contribution in [2.75, 3.05) is 47.0 Å². The fourth-order valence-electron chi connectivity index (χ4n) is 4.71. The molecular formula is C25H30N4O4. The van der Waals surface area contributed by atoms with Gasteiger partial charge in [0.2, 0.25) is 0 Å². The van der Waals surface area contributed by atoms with Crippen molar-refractivity contribution in [2.24, 2.45) is 5.41 Å². The van der Waals surface area contributed by atoms with Crippen LogP contribution in [0.15, 0.2) is 48.8 Å². The zero-order valence-electron chi connectivity index (χ0n) is 19.1. The van der Waals surface area contributed by atoms with Crippen molar-refractivity contribution in [3.8, 4) is 11.4 Å². The van der Waals surface area contributed by atoms with Crippen molar-refractivity contribution >= 4 is 17.3 Å². The second-order valence-electron chi connectivity index (χ2n) is 8.46. The van der Waals surface area contributed by atoms with Gasteiger partial charge in [-0.1, -0.05) is 30.3 Å². The first-order valence-corrected chi connectivity index (χ1v) is 11.2. The second kappa shape index (κ2) is 10.3. The Balaban J connectivity index is 1.49. The normalized spacial score (nSPS) is 21.9. The number of ether oxygens (including phenoxy) is 2. The lowest BCUT2D eigenvalue weighted by Crippen LogP contribution is -2.55. The van der Waals surface area contributed by atoms with Crippen LogP contribution in [0.2, 0.25) is 0 Å². The van der Waals surface area contributed by atoms with Crippen molar-refractivity contribution in [2.45, 2.75) is 18.9 Å². The summed E-state index contributed by atoms with van der Waals surface area (Å²) in [5, 5.41) is 3.15. The van der Waals surface area contributed by atoms with E-state index in [1.807, 2.05) is 12.1 Å². The highest BCUT2D eigenvalue weighted by Gasteiger charge is 2.52. The number of carbonyl (C=O) groups excluding carboxylic acids is 2. The maximum absolute atomic E-state index is 13.6. The van der Waals surface area contributed by atoms with Crippen molar-refractivity contribution in [3.63, 3.8) is 0 Å². The SMILES string of the molecule is COCC(C(=O)C1(C(=O)OC)CCNC1)N1CC=C(c2ccc(-c3ncccn3)cc2)CC1. The quantitative estimate of drug-likeness (QED) is 0.482. The molecular weight excluding hydrogens is 420 g/mol. The zero-order chi connectivity index (χ0) is 23.3. The number of nitrogens with zero attached hydrogens (tertiary/aromatic N) is 3. The third kappa shape index (κ3) is 4.73. The largest absolute Gasteiger partial charge is 0.468 e. The van der Waals surface area contributed by atoms with Gasteiger partial charge in [0.15, 0.2) is 11.6 Å². The standard InChI is InChI=1S/C25H30N4O4/c1-32-16-21(22(30)25(24(31)33-2)10-13-26-17-25)29-14-8-19(9-15-29)18-4-6-20(7-5-18)23-27-11-3-12-28-23/h3-8,11-12,21,26H,9-10,13-17H2,1-2H3. The molecule has 2 unspecified atom stereocenters. The molecule has 0 saturated carbocycles. The van der Waals surface area contributed by atoms with Gasteiger partial charge in [-0.15, -0.1) is 0 Å². The Morgan fingerprint density at radius 1 is 1.15 bits per heavy atom. The van der Waals surface area contributed by atoms with Crippen LogP contribution in [-0.4, -0.2) is 79.7 Å². The van der Waals surface area contributed by atoms with E-state index >= 15 is 0 Å². The lowest BCUT2D eigenvalue weighted by Gasteiger charge is -2.36. The van der Waals surface area contributed by atoms with Gasteiger partial charge < -0.3 is 14.8 Å². The number of aromatic nitrogens is 2. The Hall–Kier alpha value is -2.94. The summed E-state index contributed by atoms with van der Waals surface area (Å²) < 4.78 is 10.4. The topological polar surface area (TPSA) is 93.7 Å². The molecule has 3 heterocycles. The number of esters is 1. The van der Waals surface area contributed by atoms with E-state index in [-0.39, 0.29) is 12.4 Å². The molecule has 1 fully saturated rings. The number of Topliss-reactive ketones (excluding diaryl/α,β-unsaturated/α-hetero) is 1. The highest BCUT2D eigenvalue weighted by Crippen LogP contribution is 2.33. The number of ketones is 1. The van der Waals surface area contributed by atoms with Crippen LogP contribution in [0.4, 0.5) is 0 Å². The van der Waals surface area contributed by atoms with Gasteiger partial charge in [-0.3, -0.25) is 14.5 Å². The number of methoxy groups -OCH3 is 2. The molecule has 8 heteroatoms. The first-order valence-electron chi connectivity index (χ1n) is 11.2. The molecule has 1 aromatic carbocycles. The minimum Gasteiger partial charge on any atom is -0.468 e. The summed E-state index contributed by atoms with van der Waals surface area (Å²) in [4.78, 5) is 36.9. The highest BCUT2D eigenvalue weighted by molar-refractivity contribution is 6.07. The van der Waals surface area contributed by atoms with Crippen LogP contribution in [0.1, 0.15) is 18.4 Å². The molecule has 2 aliphatic heterocycles. The minimum absolute atomic E-state index is 0.120. The van der Waals surface area contributed by atoms with Crippen LogP contribution in [-0.2, 0) is 19.1 Å². The van der Waals surface area contributed by atoms with E-state index in [4.69, 9.17) is 9.47 Å². The van der Waals surface area contributed by atoms with Gasteiger partial charge in [-0.2, -0.15) is 0 Å². The van der Waals surface area contributed by atoms with Crippen molar-refractivity contribution in [1.82, 2.24) is 20.2 Å². The van der Waals surface area contributed by atoms with Gasteiger partial charge in [0.25, 0.3) is 0 Å². The third-order valence-corrected chi connectivity index (χ3v) is 6.59. The number of benzene rings is 1. The van der Waals surface area contributed by atoms with Crippen LogP contribution >= 0.6 is 0 Å². The molecule has 0 aliphatic carbocycles. The average molecular weight is 451 g/mol. The summed E-state index contributed by atoms with van der Waals surface area (Å²) in [7, 11) is 2.92. The van der Waals surface area contributed by atoms with E-state index < -0.39 is 17.4 Å². The number of rotatable bonds is 8. The molecule has 0 amide bonds. The lowest BCUT2D eigenvalue weighted by atomic mass is 9.78. The first kappa shape index (κ1) is 23.2. The molecule has 1 saturated heterocycles. The van der Waals surface area contributed by atoms with E-state index in [2.05, 4.69) is 38.4 Å². The Kier molecular flexibility index (Phi) is 7.27. The summed E-state index contributed by atoms with van der Waals surface area (Å²) >= 11 is 0. The Morgan fingerprint density at radius 3 is 2.45 bits per heavy atom. The van der Waals surface area contributed by atoms with E-state index in [1.54, 1.807) is 25.6 Å². The third-order valence-electron chi connectivity index (χ3n) is 6.59. The predicted octanol–water partition coefficient (Wildman–Crippen LogP) is 1.97. The van der Waals surface area contributed by atoms with Gasteiger partial charge in [-0.05, 0) is 36.6 Å². The number of hydrogen-bond acceptors (Lipinski definition) is 8. The smallest absolute Gasteiger partial charge is 0.320 e. The number of carbonyl (C=O) groups is 2. The molecule has 2 atom stereocenters. The van der Waals surface area contributed by atoms with E-state index in [9.17, 15) is 9.59 Å². The fourth-order valence-corrected chi connectivity index (χ4v) is 4.71. The van der Waals surface area contributed by atoms with Gasteiger partial charge in [-0.25, -0.2) is 9.97 Å². The minimum atomic E-state index is -1.14. The van der Waals surface area contributed by atoms with Gasteiger partial charge in [0, 0.05) is 44.7 Å². The van der Waals surface area contributed by atoms with Crippen LogP contribution < -0.4 is 5.32 Å². The van der Waals surface area contributed by atoms with Crippen LogP contribution in [0.5, 0.6) is 0 Å². The molecule has 0 spiro atoms. The molecule has 2 aromatic rings. The zero-order valence-corrected chi connectivity index (χ0v) is 19.1. The summed E-state index contributed by atoms with van der Waals surface area (Å²) in [5.74, 6) is 0.120. The molecule has 4 rings (SSSR count). The summed E-state index contributed by atoms with van der Waals surface area (Å²) in [5.41, 5.74) is 2.22. The van der Waals surface area contributed by atoms with E-state index in [0.717, 1.165) is 17.5 Å². The van der Waals surface area contributed by atoms with Crippen LogP contribution in [0.3, 0.4) is 0 Å². The molecule has 8 nitrogen and oxygen atoms in total. The van der Waals surface area contributed by atoms with Crippen molar-refractivity contribution in [1.29, 1.82) is 0 Å². The van der Waals surface area contributed by atoms with Gasteiger partial charge >= 0.3 is 5.97 Å². The Labute approximate surface area is 194 Å². The van der Waals surface area contributed by atoms with Gasteiger partial charge in [0.1, 0.15) is 5.41 Å². The van der Waals surface area contributed by atoms with Crippen LogP contribution in [0, 0.1) is 5.41 Å². The Bertz CT molecular complexity index is 1000. The number of nitrogens with one attached hydrogen (secondary N) is 1. The van der Waals surface area contributed by atoms with E-state index in [1.165, 1.54) is 12.7 Å². The molecule has 2 aliphatic rings. The summed E-state index contributed by atoms with van der Waals surface area (Å²) in [6.07, 6.45) is 6.88. The molecule has 0 bridgehead atoms. The maximum atomic E-state index is 13.6. The van der Waals surface area contributed by atoms with Gasteiger partial charge in [0.05, 0.1) is 19.8 Å². The first-order chi connectivity index (χ1) is 16.1. The predicted molar refractivity (Wildman–Crippen MR) is 124 cm³/mol. The van der Waals surface area contributed by atoms with Crippen molar-refractivity contribution < 1.29 is 19.1 Å². The molecule has 1 aromatic heterocycles. The van der Waals surface area contributed by atoms with Crippen molar-refractivity contribution in [3.05, 3.63) is 54.4 Å². The second-order valence-corrected chi connectivity index (χ2v) is 8.46. The molecule has 174 valence electrons. The molecule has 33 heavy (non-hydrogen) atoms. The molecule has 0 radical (unpaired) electrons. The summed E-state index contributed by atoms with van der Waals surface area (Å²) in [6, 6.07) is 9.53. The maximum Gasteiger partial charge on any atom is 0.320 e. The number of hydrogen-bond donors (Lipinski definition) is 1. The average Bonchev–Trinajstić information content (AvgIpc) is 3.38. The monoisotopic (exact) mass is 450 g/mol. The molecule has 1 N–H and O–H groups in total. The Morgan fingerprint density at radius 2 is 1.88 bits per heavy atom. The fraction of sp³-hybridized carbons (Fsp3) is 0.440. The van der Waals surface area contributed by atoms with Crippen LogP contribution in [0.25, 0.3) is 17.0 Å². The van der Waals surface area contributed by atoms with E-state index in [0.29, 0.717) is 38.4 Å². The highest BCUT2D eigenvalue weighted by atomic mass is 16.5. The lowest BCUT2D eigenvalue weighted by molar-refractivity contribution is -0.159. The summed E-state index contributed by atoms with van der Waals surface area (Å²) in [6.45, 7) is 2.50.